The zero-order valence-corrected chi connectivity index (χ0v) is 21.0. The van der Waals surface area contributed by atoms with E-state index < -0.39 is 23.7 Å². The number of amides is 3. The van der Waals surface area contributed by atoms with Crippen molar-refractivity contribution in [1.82, 2.24) is 10.4 Å². The first-order valence-electron chi connectivity index (χ1n) is 9.73. The number of anilines is 1. The average Bonchev–Trinajstić information content (AvgIpc) is 2.73. The molecule has 0 saturated heterocycles. The fourth-order valence-corrected chi connectivity index (χ4v) is 4.15. The summed E-state index contributed by atoms with van der Waals surface area (Å²) in [5.41, 5.74) is -0.0921. The summed E-state index contributed by atoms with van der Waals surface area (Å²) in [5.74, 6) is -0.751. The topological polar surface area (TPSA) is 70.7 Å². The van der Waals surface area contributed by atoms with E-state index in [0.717, 1.165) is 17.3 Å². The number of allylic oxidation sites excluding steroid dienone is 2. The highest BCUT2D eigenvalue weighted by atomic mass is 35.5. The highest BCUT2D eigenvalue weighted by molar-refractivity contribution is 6.40. The van der Waals surface area contributed by atoms with Gasteiger partial charge >= 0.3 is 12.2 Å². The molecule has 35 heavy (non-hydrogen) atoms. The van der Waals surface area contributed by atoms with Crippen molar-refractivity contribution in [2.75, 3.05) is 11.9 Å². The number of carbonyl (C=O) groups excluding carboxylic acids is 2. The van der Waals surface area contributed by atoms with E-state index in [9.17, 15) is 22.8 Å². The lowest BCUT2D eigenvalue weighted by molar-refractivity contribution is -0.0941. The predicted molar refractivity (Wildman–Crippen MR) is 129 cm³/mol. The highest BCUT2D eigenvalue weighted by Crippen LogP contribution is 2.38. The second kappa shape index (κ2) is 10.6. The maximum absolute atomic E-state index is 13.1. The molecule has 1 aliphatic rings. The number of carbonyl (C=O) groups is 2. The SMILES string of the molecule is Cc1cc(NC(=O)NC(=O)c2c(Cl)cccc2Cl)c(C)c(Cl)c1ON1C=C(C(F)(F)F)C=C(Cl)C1. The predicted octanol–water partition coefficient (Wildman–Crippen LogP) is 7.40. The number of nitrogens with zero attached hydrogens (tertiary/aromatic N) is 1. The minimum Gasteiger partial charge on any atom is -0.378 e. The van der Waals surface area contributed by atoms with Crippen LogP contribution in [0.1, 0.15) is 21.5 Å². The van der Waals surface area contributed by atoms with Gasteiger partial charge in [-0.2, -0.15) is 13.2 Å². The molecule has 186 valence electrons. The Balaban J connectivity index is 1.78. The molecule has 6 nitrogen and oxygen atoms in total. The number of rotatable bonds is 4. The van der Waals surface area contributed by atoms with E-state index in [1.807, 2.05) is 0 Å². The van der Waals surface area contributed by atoms with E-state index in [1.165, 1.54) is 18.2 Å². The number of hydrogen-bond donors (Lipinski definition) is 2. The van der Waals surface area contributed by atoms with Gasteiger partial charge in [0.15, 0.2) is 5.75 Å². The smallest absolute Gasteiger partial charge is 0.378 e. The molecule has 0 spiro atoms. The summed E-state index contributed by atoms with van der Waals surface area (Å²) in [4.78, 5) is 30.4. The van der Waals surface area contributed by atoms with Crippen molar-refractivity contribution in [3.8, 4) is 5.75 Å². The van der Waals surface area contributed by atoms with Crippen LogP contribution in [0.3, 0.4) is 0 Å². The van der Waals surface area contributed by atoms with Gasteiger partial charge in [0.1, 0.15) is 0 Å². The molecule has 2 aromatic rings. The van der Waals surface area contributed by atoms with E-state index in [1.54, 1.807) is 19.9 Å². The Kier molecular flexibility index (Phi) is 8.16. The summed E-state index contributed by atoms with van der Waals surface area (Å²) in [7, 11) is 0. The normalized spacial score (nSPS) is 13.7. The fourth-order valence-electron chi connectivity index (χ4n) is 3.06. The monoisotopic (exact) mass is 567 g/mol. The first kappa shape index (κ1) is 27.0. The summed E-state index contributed by atoms with van der Waals surface area (Å²) in [5, 5.41) is 5.61. The molecule has 0 saturated carbocycles. The molecule has 1 heterocycles. The Morgan fingerprint density at radius 2 is 1.71 bits per heavy atom. The van der Waals surface area contributed by atoms with Crippen LogP contribution in [-0.4, -0.2) is 29.7 Å². The van der Waals surface area contributed by atoms with E-state index in [-0.39, 0.29) is 43.6 Å². The summed E-state index contributed by atoms with van der Waals surface area (Å²) >= 11 is 24.2. The number of halogens is 7. The molecule has 0 aromatic heterocycles. The maximum Gasteiger partial charge on any atom is 0.417 e. The Bertz CT molecular complexity index is 1240. The van der Waals surface area contributed by atoms with Gasteiger partial charge in [-0.15, -0.1) is 0 Å². The van der Waals surface area contributed by atoms with Gasteiger partial charge in [0, 0.05) is 10.7 Å². The summed E-state index contributed by atoms with van der Waals surface area (Å²) in [6.07, 6.45) is -3.05. The third-order valence-corrected chi connectivity index (χ3v) is 6.07. The van der Waals surface area contributed by atoms with Gasteiger partial charge in [0.25, 0.3) is 5.91 Å². The lowest BCUT2D eigenvalue weighted by Gasteiger charge is -2.27. The largest absolute Gasteiger partial charge is 0.417 e. The first-order chi connectivity index (χ1) is 16.3. The minimum absolute atomic E-state index is 0.0356. The number of imide groups is 1. The van der Waals surface area contributed by atoms with Gasteiger partial charge in [0.2, 0.25) is 0 Å². The molecule has 2 aromatic carbocycles. The molecule has 13 heteroatoms. The number of aryl methyl sites for hydroxylation is 1. The van der Waals surface area contributed by atoms with Crippen LogP contribution in [0.4, 0.5) is 23.7 Å². The van der Waals surface area contributed by atoms with Crippen LogP contribution < -0.4 is 15.5 Å². The van der Waals surface area contributed by atoms with E-state index in [0.29, 0.717) is 11.1 Å². The van der Waals surface area contributed by atoms with E-state index in [2.05, 4.69) is 10.6 Å². The van der Waals surface area contributed by atoms with Gasteiger partial charge in [0.05, 0.1) is 38.9 Å². The molecule has 3 amide bonds. The van der Waals surface area contributed by atoms with Crippen LogP contribution in [0, 0.1) is 13.8 Å². The second-order valence-electron chi connectivity index (χ2n) is 7.35. The lowest BCUT2D eigenvalue weighted by atomic mass is 10.1. The summed E-state index contributed by atoms with van der Waals surface area (Å²) in [6.45, 7) is 3.00. The summed E-state index contributed by atoms with van der Waals surface area (Å²) < 4.78 is 39.3. The zero-order chi connectivity index (χ0) is 26.1. The number of nitrogens with one attached hydrogen (secondary N) is 2. The van der Waals surface area contributed by atoms with E-state index in [4.69, 9.17) is 51.2 Å². The Morgan fingerprint density at radius 3 is 2.31 bits per heavy atom. The van der Waals surface area contributed by atoms with Crippen molar-refractivity contribution in [1.29, 1.82) is 0 Å². The van der Waals surface area contributed by atoms with Crippen molar-refractivity contribution in [3.63, 3.8) is 0 Å². The van der Waals surface area contributed by atoms with Crippen molar-refractivity contribution in [3.05, 3.63) is 78.9 Å². The Hall–Kier alpha value is -2.59. The molecule has 0 fully saturated rings. The van der Waals surface area contributed by atoms with Gasteiger partial charge in [-0.3, -0.25) is 10.1 Å². The summed E-state index contributed by atoms with van der Waals surface area (Å²) in [6, 6.07) is 5.05. The number of benzene rings is 2. The van der Waals surface area contributed by atoms with Crippen LogP contribution in [0.15, 0.2) is 47.1 Å². The van der Waals surface area contributed by atoms with Crippen molar-refractivity contribution < 1.29 is 27.6 Å². The van der Waals surface area contributed by atoms with Gasteiger partial charge in [-0.25, -0.2) is 9.86 Å². The lowest BCUT2D eigenvalue weighted by Crippen LogP contribution is -2.35. The van der Waals surface area contributed by atoms with Crippen molar-refractivity contribution in [2.45, 2.75) is 20.0 Å². The zero-order valence-electron chi connectivity index (χ0n) is 18.0. The Morgan fingerprint density at radius 1 is 1.09 bits per heavy atom. The van der Waals surface area contributed by atoms with Gasteiger partial charge < -0.3 is 10.2 Å². The van der Waals surface area contributed by atoms with Crippen molar-refractivity contribution in [2.24, 2.45) is 0 Å². The molecule has 0 atom stereocenters. The third kappa shape index (κ3) is 6.35. The molecule has 0 radical (unpaired) electrons. The van der Waals surface area contributed by atoms with Gasteiger partial charge in [-0.05, 0) is 49.2 Å². The molecular weight excluding hydrogens is 553 g/mol. The quantitative estimate of drug-likeness (QED) is 0.403. The van der Waals surface area contributed by atoms with Gasteiger partial charge in [-0.1, -0.05) is 52.5 Å². The highest BCUT2D eigenvalue weighted by Gasteiger charge is 2.35. The number of alkyl halides is 3. The number of hydroxylamine groups is 2. The molecule has 2 N–H and O–H groups in total. The van der Waals surface area contributed by atoms with Crippen LogP contribution >= 0.6 is 46.4 Å². The van der Waals surface area contributed by atoms with Crippen LogP contribution in [0.5, 0.6) is 5.75 Å². The molecule has 0 unspecified atom stereocenters. The van der Waals surface area contributed by atoms with Crippen LogP contribution in [0.2, 0.25) is 15.1 Å². The molecule has 0 aliphatic carbocycles. The minimum atomic E-state index is -4.62. The fraction of sp³-hybridized carbons (Fsp3) is 0.182. The molecule has 1 aliphatic heterocycles. The molecule has 0 bridgehead atoms. The van der Waals surface area contributed by atoms with Crippen LogP contribution in [0.25, 0.3) is 0 Å². The number of hydrogen-bond acceptors (Lipinski definition) is 4. The number of urea groups is 1. The maximum atomic E-state index is 13.1. The molecular formula is C22H16Cl4F3N3O3. The average molecular weight is 569 g/mol. The second-order valence-corrected chi connectivity index (χ2v) is 9.03. The van der Waals surface area contributed by atoms with Crippen molar-refractivity contribution >= 4 is 64.0 Å². The third-order valence-electron chi connectivity index (χ3n) is 4.75. The Labute approximate surface area is 218 Å². The van der Waals surface area contributed by atoms with E-state index >= 15 is 0 Å². The van der Waals surface area contributed by atoms with Crippen LogP contribution in [-0.2, 0) is 0 Å². The molecule has 3 rings (SSSR count). The first-order valence-corrected chi connectivity index (χ1v) is 11.2. The standard InChI is InChI=1S/C22H16Cl4F3N3O3/c1-10-6-16(30-21(34)31-20(33)17-14(24)4-3-5-15(17)25)11(2)18(26)19(10)35-32-8-12(22(27,28)29)7-13(23)9-32/h3-8H,9H2,1-2H3,(H2,30,31,33,34).